The van der Waals surface area contributed by atoms with Crippen LogP contribution < -0.4 is 5.32 Å². The lowest BCUT2D eigenvalue weighted by molar-refractivity contribution is 0.379. The van der Waals surface area contributed by atoms with Crippen LogP contribution in [0, 0.1) is 12.8 Å². The average Bonchev–Trinajstić information content (AvgIpc) is 2.79. The summed E-state index contributed by atoms with van der Waals surface area (Å²) in [5.41, 5.74) is 2.26. The van der Waals surface area contributed by atoms with Gasteiger partial charge in [-0.3, -0.25) is 4.98 Å². The van der Waals surface area contributed by atoms with E-state index in [2.05, 4.69) is 29.4 Å². The van der Waals surface area contributed by atoms with E-state index in [0.29, 0.717) is 6.04 Å². The highest BCUT2D eigenvalue weighted by atomic mass is 14.9. The average molecular weight is 218 g/mol. The van der Waals surface area contributed by atoms with E-state index in [1.807, 2.05) is 13.0 Å². The fourth-order valence-electron chi connectivity index (χ4n) is 2.59. The monoisotopic (exact) mass is 218 g/mol. The van der Waals surface area contributed by atoms with Gasteiger partial charge < -0.3 is 5.32 Å². The molecule has 0 saturated heterocycles. The molecule has 1 saturated carbocycles. The van der Waals surface area contributed by atoms with Crippen LogP contribution >= 0.6 is 0 Å². The van der Waals surface area contributed by atoms with Crippen molar-refractivity contribution in [3.8, 4) is 0 Å². The van der Waals surface area contributed by atoms with Crippen LogP contribution in [0.25, 0.3) is 0 Å². The van der Waals surface area contributed by atoms with Crippen molar-refractivity contribution in [1.82, 2.24) is 10.3 Å². The second-order valence-corrected chi connectivity index (χ2v) is 4.98. The lowest BCUT2D eigenvalue weighted by Gasteiger charge is -2.20. The largest absolute Gasteiger partial charge is 0.308 e. The normalized spacial score (nSPS) is 18.9. The van der Waals surface area contributed by atoms with Gasteiger partial charge in [0.15, 0.2) is 0 Å². The lowest BCUT2D eigenvalue weighted by Crippen LogP contribution is -2.32. The Bertz CT molecular complexity index is 329. The Hall–Kier alpha value is -0.890. The third kappa shape index (κ3) is 3.05. The van der Waals surface area contributed by atoms with Gasteiger partial charge in [-0.25, -0.2) is 0 Å². The predicted octanol–water partition coefficient (Wildman–Crippen LogP) is 3.06. The molecule has 16 heavy (non-hydrogen) atoms. The van der Waals surface area contributed by atoms with Crippen LogP contribution in [-0.4, -0.2) is 11.0 Å². The minimum atomic E-state index is 0.629. The molecule has 1 aliphatic carbocycles. The van der Waals surface area contributed by atoms with Crippen LogP contribution in [0.3, 0.4) is 0 Å². The number of nitrogens with one attached hydrogen (secondary N) is 1. The third-order valence-corrected chi connectivity index (χ3v) is 3.66. The maximum absolute atomic E-state index is 4.51. The van der Waals surface area contributed by atoms with E-state index in [0.717, 1.165) is 23.9 Å². The summed E-state index contributed by atoms with van der Waals surface area (Å²) < 4.78 is 0. The summed E-state index contributed by atoms with van der Waals surface area (Å²) in [5.74, 6) is 0.879. The number of nitrogens with zero attached hydrogens (tertiary/aromatic N) is 1. The number of hydrogen-bond donors (Lipinski definition) is 1. The molecule has 2 rings (SSSR count). The molecule has 0 aromatic carbocycles. The van der Waals surface area contributed by atoms with Gasteiger partial charge in [-0.05, 0) is 44.7 Å². The van der Waals surface area contributed by atoms with E-state index in [4.69, 9.17) is 0 Å². The first-order valence-electron chi connectivity index (χ1n) is 6.41. The van der Waals surface area contributed by atoms with E-state index in [-0.39, 0.29) is 0 Å². The molecule has 1 heterocycles. The Morgan fingerprint density at radius 2 is 2.12 bits per heavy atom. The maximum Gasteiger partial charge on any atom is 0.0544 e. The first kappa shape index (κ1) is 11.6. The van der Waals surface area contributed by atoms with Crippen molar-refractivity contribution in [1.29, 1.82) is 0 Å². The van der Waals surface area contributed by atoms with Crippen molar-refractivity contribution in [2.75, 3.05) is 0 Å². The molecule has 0 amide bonds. The minimum absolute atomic E-state index is 0.629. The van der Waals surface area contributed by atoms with Gasteiger partial charge in [-0.1, -0.05) is 18.9 Å². The number of hydrogen-bond acceptors (Lipinski definition) is 2. The van der Waals surface area contributed by atoms with Crippen molar-refractivity contribution in [3.05, 3.63) is 29.6 Å². The van der Waals surface area contributed by atoms with Gasteiger partial charge in [0, 0.05) is 18.3 Å². The Kier molecular flexibility index (Phi) is 3.94. The first-order chi connectivity index (χ1) is 7.75. The molecule has 1 atom stereocenters. The Morgan fingerprint density at radius 1 is 1.38 bits per heavy atom. The fraction of sp³-hybridized carbons (Fsp3) is 0.643. The summed E-state index contributed by atoms with van der Waals surface area (Å²) >= 11 is 0. The zero-order chi connectivity index (χ0) is 11.4. The van der Waals surface area contributed by atoms with Gasteiger partial charge in [-0.2, -0.15) is 0 Å². The molecule has 0 bridgehead atoms. The van der Waals surface area contributed by atoms with Crippen molar-refractivity contribution < 1.29 is 0 Å². The van der Waals surface area contributed by atoms with E-state index in [9.17, 15) is 0 Å². The second kappa shape index (κ2) is 5.44. The Morgan fingerprint density at radius 3 is 2.81 bits per heavy atom. The molecule has 2 heteroatoms. The smallest absolute Gasteiger partial charge is 0.0544 e. The highest BCUT2D eigenvalue weighted by molar-refractivity contribution is 5.09. The number of aromatic nitrogens is 1. The molecule has 88 valence electrons. The molecule has 0 aliphatic heterocycles. The first-order valence-corrected chi connectivity index (χ1v) is 6.41. The SMILES string of the molecule is Cc1cccc(CN[C@@H](C)C2CCCC2)n1. The van der Waals surface area contributed by atoms with Crippen molar-refractivity contribution in [2.45, 2.75) is 52.1 Å². The van der Waals surface area contributed by atoms with Crippen molar-refractivity contribution in [2.24, 2.45) is 5.92 Å². The lowest BCUT2D eigenvalue weighted by atomic mass is 10.00. The van der Waals surface area contributed by atoms with Crippen LogP contribution in [0.15, 0.2) is 18.2 Å². The topological polar surface area (TPSA) is 24.9 Å². The summed E-state index contributed by atoms with van der Waals surface area (Å²) in [4.78, 5) is 4.51. The molecule has 0 unspecified atom stereocenters. The van der Waals surface area contributed by atoms with Crippen LogP contribution in [0.5, 0.6) is 0 Å². The molecular weight excluding hydrogens is 196 g/mol. The molecule has 1 aromatic rings. The highest BCUT2D eigenvalue weighted by Gasteiger charge is 2.20. The predicted molar refractivity (Wildman–Crippen MR) is 67.2 cm³/mol. The zero-order valence-electron chi connectivity index (χ0n) is 10.4. The van der Waals surface area contributed by atoms with Crippen molar-refractivity contribution in [3.63, 3.8) is 0 Å². The number of pyridine rings is 1. The molecule has 1 aliphatic rings. The third-order valence-electron chi connectivity index (χ3n) is 3.66. The van der Waals surface area contributed by atoms with E-state index in [1.54, 1.807) is 0 Å². The summed E-state index contributed by atoms with van der Waals surface area (Å²) in [7, 11) is 0. The second-order valence-electron chi connectivity index (χ2n) is 4.98. The van der Waals surface area contributed by atoms with Gasteiger partial charge in [0.2, 0.25) is 0 Å². The fourth-order valence-corrected chi connectivity index (χ4v) is 2.59. The van der Waals surface area contributed by atoms with Gasteiger partial charge in [0.25, 0.3) is 0 Å². The molecular formula is C14H22N2. The van der Waals surface area contributed by atoms with E-state index in [1.165, 1.54) is 25.7 Å². The Labute approximate surface area is 98.5 Å². The summed E-state index contributed by atoms with van der Waals surface area (Å²) in [6, 6.07) is 6.86. The van der Waals surface area contributed by atoms with Gasteiger partial charge in [-0.15, -0.1) is 0 Å². The van der Waals surface area contributed by atoms with Crippen molar-refractivity contribution >= 4 is 0 Å². The molecule has 1 fully saturated rings. The maximum atomic E-state index is 4.51. The summed E-state index contributed by atoms with van der Waals surface area (Å²) in [6.45, 7) is 5.26. The summed E-state index contributed by atoms with van der Waals surface area (Å²) in [5, 5.41) is 3.61. The summed E-state index contributed by atoms with van der Waals surface area (Å²) in [6.07, 6.45) is 5.63. The van der Waals surface area contributed by atoms with E-state index < -0.39 is 0 Å². The van der Waals surface area contributed by atoms with Crippen LogP contribution in [0.1, 0.15) is 44.0 Å². The minimum Gasteiger partial charge on any atom is -0.308 e. The van der Waals surface area contributed by atoms with Crippen LogP contribution in [-0.2, 0) is 6.54 Å². The van der Waals surface area contributed by atoms with Crippen LogP contribution in [0.2, 0.25) is 0 Å². The zero-order valence-corrected chi connectivity index (χ0v) is 10.4. The quantitative estimate of drug-likeness (QED) is 0.840. The van der Waals surface area contributed by atoms with Gasteiger partial charge >= 0.3 is 0 Å². The molecule has 0 radical (unpaired) electrons. The van der Waals surface area contributed by atoms with Crippen LogP contribution in [0.4, 0.5) is 0 Å². The Balaban J connectivity index is 1.82. The standard InChI is InChI=1S/C14H22N2/c1-11-6-5-9-14(16-11)10-15-12(2)13-7-3-4-8-13/h5-6,9,12-13,15H,3-4,7-8,10H2,1-2H3/t12-/m0/s1. The number of aryl methyl sites for hydroxylation is 1. The molecule has 1 N–H and O–H groups in total. The molecule has 1 aromatic heterocycles. The number of rotatable bonds is 4. The molecule has 2 nitrogen and oxygen atoms in total. The molecule has 0 spiro atoms. The highest BCUT2D eigenvalue weighted by Crippen LogP contribution is 2.27. The van der Waals surface area contributed by atoms with E-state index >= 15 is 0 Å². The van der Waals surface area contributed by atoms with Gasteiger partial charge in [0.1, 0.15) is 0 Å². The van der Waals surface area contributed by atoms with Gasteiger partial charge in [0.05, 0.1) is 5.69 Å².